The molecule has 4 aromatic carbocycles. The average Bonchev–Trinajstić information content (AvgIpc) is 3.63. The molecule has 0 aliphatic heterocycles. The molecule has 0 aromatic heterocycles. The van der Waals surface area contributed by atoms with Crippen molar-refractivity contribution in [3.05, 3.63) is 127 Å². The van der Waals surface area contributed by atoms with E-state index in [1.165, 1.54) is 89.0 Å². The Morgan fingerprint density at radius 1 is 0.542 bits per heavy atom. The van der Waals surface area contributed by atoms with Crippen molar-refractivity contribution in [1.29, 1.82) is 0 Å². The van der Waals surface area contributed by atoms with Crippen molar-refractivity contribution < 1.29 is 15.6 Å². The monoisotopic (exact) mass is 769 g/mol. The Morgan fingerprint density at radius 3 is 1.29 bits per heavy atom. The topological polar surface area (TPSA) is 0 Å². The molecule has 0 fully saturated rings. The summed E-state index contributed by atoms with van der Waals surface area (Å²) in [7, 11) is 17.5. The summed E-state index contributed by atoms with van der Waals surface area (Å²) in [4.78, 5) is 0. The second kappa shape index (κ2) is 13.3. The molecule has 2 aliphatic rings. The molecule has 251 valence electrons. The molecule has 0 saturated heterocycles. The second-order valence-corrected chi connectivity index (χ2v) is 57.7. The normalized spacial score (nSPS) is 18.0. The summed E-state index contributed by atoms with van der Waals surface area (Å²) in [6.45, 7) is 23.1. The minimum atomic E-state index is -4.85. The Bertz CT molecular complexity index is 1860. The van der Waals surface area contributed by atoms with Gasteiger partial charge in [0.2, 0.25) is 0 Å². The van der Waals surface area contributed by atoms with Gasteiger partial charge in [0.15, 0.2) is 0 Å². The Hall–Kier alpha value is -1.96. The van der Waals surface area contributed by atoms with Crippen molar-refractivity contribution in [3.63, 3.8) is 0 Å². The van der Waals surface area contributed by atoms with Crippen LogP contribution in [-0.4, -0.2) is 5.92 Å². The predicted molar refractivity (Wildman–Crippen MR) is 214 cm³/mol. The first kappa shape index (κ1) is 35.9. The van der Waals surface area contributed by atoms with E-state index in [2.05, 4.69) is 141 Å². The minimum absolute atomic E-state index is 0.117. The molecule has 0 saturated carbocycles. The number of fused-ring (bicyclic) bond motifs is 2. The fourth-order valence-electron chi connectivity index (χ4n) is 9.04. The maximum absolute atomic E-state index is 8.76. The predicted octanol–water partition coefficient (Wildman–Crippen LogP) is 14.0. The Morgan fingerprint density at radius 2 is 0.938 bits per heavy atom. The molecule has 0 radical (unpaired) electrons. The van der Waals surface area contributed by atoms with E-state index in [0.29, 0.717) is 0 Å². The van der Waals surface area contributed by atoms with Crippen LogP contribution >= 0.6 is 17.0 Å². The fraction of sp³-hybridized carbons (Fsp3) is 0.364. The summed E-state index contributed by atoms with van der Waals surface area (Å²) < 4.78 is 0.234. The van der Waals surface area contributed by atoms with Crippen LogP contribution in [0.25, 0.3) is 34.4 Å². The molecule has 2 atom stereocenters. The molecular formula is C44H53Cl2SiZr. The Labute approximate surface area is 299 Å². The van der Waals surface area contributed by atoms with Gasteiger partial charge in [-0.1, -0.05) is 0 Å². The molecule has 0 amide bonds. The van der Waals surface area contributed by atoms with Crippen molar-refractivity contribution in [2.75, 3.05) is 0 Å². The van der Waals surface area contributed by atoms with Crippen LogP contribution in [0.2, 0.25) is 13.1 Å². The van der Waals surface area contributed by atoms with E-state index in [-0.39, 0.29) is 7.25 Å². The molecule has 2 unspecified atom stereocenters. The van der Waals surface area contributed by atoms with E-state index in [0.717, 1.165) is 25.7 Å². The molecule has 0 spiro atoms. The molecule has 0 heterocycles. The molecule has 2 aliphatic carbocycles. The van der Waals surface area contributed by atoms with Crippen molar-refractivity contribution in [3.8, 4) is 22.3 Å². The van der Waals surface area contributed by atoms with Crippen molar-refractivity contribution in [1.82, 2.24) is 0 Å². The number of allylic oxidation sites excluding steroid dienone is 2. The number of hydrogen-bond donors (Lipinski definition) is 0. The molecule has 0 bridgehead atoms. The third-order valence-corrected chi connectivity index (χ3v) is 64.1. The van der Waals surface area contributed by atoms with Crippen molar-refractivity contribution in [2.24, 2.45) is 0 Å². The van der Waals surface area contributed by atoms with Crippen LogP contribution in [0.15, 0.2) is 71.8 Å². The van der Waals surface area contributed by atoms with E-state index in [1.807, 2.05) is 0 Å². The molecule has 4 heteroatoms. The number of aryl methyl sites for hydroxylation is 2. The summed E-state index contributed by atoms with van der Waals surface area (Å²) in [5.41, 5.74) is 21.9. The van der Waals surface area contributed by atoms with Crippen molar-refractivity contribution in [2.45, 2.75) is 101 Å². The third kappa shape index (κ3) is 5.48. The van der Waals surface area contributed by atoms with Crippen LogP contribution in [0.4, 0.5) is 0 Å². The van der Waals surface area contributed by atoms with Gasteiger partial charge in [-0.2, -0.15) is 0 Å². The summed E-state index contributed by atoms with van der Waals surface area (Å²) in [6, 6.07) is 23.2. The molecule has 48 heavy (non-hydrogen) atoms. The van der Waals surface area contributed by atoms with Crippen LogP contribution < -0.4 is 0 Å². The van der Waals surface area contributed by atoms with E-state index >= 15 is 0 Å². The van der Waals surface area contributed by atoms with Gasteiger partial charge >= 0.3 is 302 Å². The fourth-order valence-corrected chi connectivity index (χ4v) is 40.5. The standard InChI is InChI=1S/2C21H23.C2H7Si.2ClH.Zr/c2*1-5-7-17-12-18-8-6-9-20(21(18)13-17)19-11-10-14(2)15(3)16(19)4;1-3-2;;;/h2*6,8-13H,5,7H2,1-4H3;3H,1-2H3;2*1H;/q;;;;;+2/p-2. The Kier molecular flexibility index (Phi) is 9.93. The third-order valence-electron chi connectivity index (χ3n) is 12.3. The van der Waals surface area contributed by atoms with Crippen LogP contribution in [-0.2, 0) is 15.6 Å². The zero-order valence-electron chi connectivity index (χ0n) is 30.7. The first-order valence-electron chi connectivity index (χ1n) is 18.1. The number of benzene rings is 4. The van der Waals surface area contributed by atoms with Gasteiger partial charge in [-0.15, -0.1) is 0 Å². The first-order valence-corrected chi connectivity index (χ1v) is 34.5. The average molecular weight is 772 g/mol. The van der Waals surface area contributed by atoms with Gasteiger partial charge in [0, 0.05) is 0 Å². The van der Waals surface area contributed by atoms with Gasteiger partial charge in [-0.05, 0) is 0 Å². The van der Waals surface area contributed by atoms with Gasteiger partial charge < -0.3 is 0 Å². The maximum atomic E-state index is 8.76. The number of rotatable bonds is 9. The molecule has 0 nitrogen and oxygen atoms in total. The SMILES string of the molecule is CCCC1=Cc2c(-c3ccc(C)c(C)c3C)cccc2[CH]1[Zr]([Cl])([Cl])([CH]1C(CCC)=Cc2c(-c3ccc(C)c(C)c3C)cccc21)[SiH](C)C. The molecule has 0 N–H and O–H groups in total. The first-order chi connectivity index (χ1) is 22.8. The van der Waals surface area contributed by atoms with Gasteiger partial charge in [0.05, 0.1) is 0 Å². The van der Waals surface area contributed by atoms with E-state index in [1.54, 1.807) is 0 Å². The van der Waals surface area contributed by atoms with Crippen LogP contribution in [0.5, 0.6) is 0 Å². The zero-order valence-corrected chi connectivity index (χ0v) is 35.9. The summed E-state index contributed by atoms with van der Waals surface area (Å²) in [5, 5.41) is 0. The quantitative estimate of drug-likeness (QED) is 0.149. The van der Waals surface area contributed by atoms with Crippen molar-refractivity contribution >= 4 is 35.1 Å². The zero-order chi connectivity index (χ0) is 34.7. The molecule has 6 rings (SSSR count). The summed E-state index contributed by atoms with van der Waals surface area (Å²) in [5.74, 6) is -1.64. The van der Waals surface area contributed by atoms with E-state index in [4.69, 9.17) is 17.0 Å². The van der Waals surface area contributed by atoms with E-state index < -0.39 is 21.5 Å². The number of halogens is 2. The summed E-state index contributed by atoms with van der Waals surface area (Å²) >= 11 is -4.85. The van der Waals surface area contributed by atoms with Crippen LogP contribution in [0.1, 0.15) is 102 Å². The van der Waals surface area contributed by atoms with Gasteiger partial charge in [-0.3, -0.25) is 0 Å². The van der Waals surface area contributed by atoms with E-state index in [9.17, 15) is 0 Å². The Balaban J connectivity index is 1.61. The van der Waals surface area contributed by atoms with Crippen LogP contribution in [0, 0.1) is 41.5 Å². The van der Waals surface area contributed by atoms with Gasteiger partial charge in [-0.25, -0.2) is 0 Å². The van der Waals surface area contributed by atoms with Gasteiger partial charge in [0.25, 0.3) is 0 Å². The second-order valence-electron chi connectivity index (χ2n) is 15.2. The van der Waals surface area contributed by atoms with Gasteiger partial charge in [0.1, 0.15) is 0 Å². The molecular weight excluding hydrogens is 719 g/mol. The summed E-state index contributed by atoms with van der Waals surface area (Å²) in [6.07, 6.45) is 9.28. The van der Waals surface area contributed by atoms with Crippen LogP contribution in [0.3, 0.4) is 0 Å². The number of hydrogen-bond acceptors (Lipinski definition) is 0. The molecule has 4 aromatic rings.